The maximum absolute atomic E-state index is 12.2. The summed E-state index contributed by atoms with van der Waals surface area (Å²) in [4.78, 5) is 25.0. The Labute approximate surface area is 130 Å². The maximum atomic E-state index is 12.2. The molecule has 0 spiro atoms. The standard InChI is InChI=1S/C18H18N2O2/c1-14(21)16-10-8-15(9-11-16)6-4-13-20(3)18(22)17-7-5-12-19(17)2/h5,7-12H,13H2,1-3H3. The first-order chi connectivity index (χ1) is 10.5. The van der Waals surface area contributed by atoms with Crippen molar-refractivity contribution >= 4 is 11.7 Å². The minimum atomic E-state index is -0.0614. The summed E-state index contributed by atoms with van der Waals surface area (Å²) in [5, 5.41) is 0. The molecule has 1 heterocycles. The van der Waals surface area contributed by atoms with Crippen molar-refractivity contribution in [1.82, 2.24) is 9.47 Å². The molecule has 1 aromatic carbocycles. The lowest BCUT2D eigenvalue weighted by Crippen LogP contribution is -2.28. The van der Waals surface area contributed by atoms with Gasteiger partial charge in [-0.25, -0.2) is 0 Å². The second-order valence-electron chi connectivity index (χ2n) is 5.10. The van der Waals surface area contributed by atoms with Crippen LogP contribution in [-0.2, 0) is 7.05 Å². The Balaban J connectivity index is 1.99. The van der Waals surface area contributed by atoms with Crippen molar-refractivity contribution in [1.29, 1.82) is 0 Å². The first-order valence-corrected chi connectivity index (χ1v) is 6.95. The van der Waals surface area contributed by atoms with Crippen LogP contribution in [0.4, 0.5) is 0 Å². The molecule has 0 fully saturated rings. The van der Waals surface area contributed by atoms with E-state index in [0.717, 1.165) is 5.56 Å². The van der Waals surface area contributed by atoms with Gasteiger partial charge in [0.25, 0.3) is 5.91 Å². The highest BCUT2D eigenvalue weighted by molar-refractivity contribution is 5.94. The lowest BCUT2D eigenvalue weighted by atomic mass is 10.1. The van der Waals surface area contributed by atoms with Crippen molar-refractivity contribution in [2.24, 2.45) is 7.05 Å². The number of nitrogens with zero attached hydrogens (tertiary/aromatic N) is 2. The molecule has 1 amide bonds. The number of carbonyl (C=O) groups excluding carboxylic acids is 2. The molecule has 0 aliphatic rings. The maximum Gasteiger partial charge on any atom is 0.270 e. The van der Waals surface area contributed by atoms with Gasteiger partial charge in [0.1, 0.15) is 5.69 Å². The fourth-order valence-electron chi connectivity index (χ4n) is 2.00. The third-order valence-electron chi connectivity index (χ3n) is 3.35. The van der Waals surface area contributed by atoms with Gasteiger partial charge in [0, 0.05) is 31.4 Å². The lowest BCUT2D eigenvalue weighted by Gasteiger charge is -2.14. The van der Waals surface area contributed by atoms with Gasteiger partial charge >= 0.3 is 0 Å². The van der Waals surface area contributed by atoms with Crippen LogP contribution in [0.25, 0.3) is 0 Å². The van der Waals surface area contributed by atoms with Crippen LogP contribution >= 0.6 is 0 Å². The first-order valence-electron chi connectivity index (χ1n) is 6.95. The number of hydrogen-bond donors (Lipinski definition) is 0. The summed E-state index contributed by atoms with van der Waals surface area (Å²) in [5.74, 6) is 5.94. The van der Waals surface area contributed by atoms with Crippen molar-refractivity contribution in [3.8, 4) is 11.8 Å². The van der Waals surface area contributed by atoms with Gasteiger partial charge in [-0.3, -0.25) is 9.59 Å². The minimum absolute atomic E-state index is 0.0346. The summed E-state index contributed by atoms with van der Waals surface area (Å²) >= 11 is 0. The predicted octanol–water partition coefficient (Wildman–Crippen LogP) is 2.35. The second kappa shape index (κ2) is 6.77. The smallest absolute Gasteiger partial charge is 0.270 e. The van der Waals surface area contributed by atoms with Crippen LogP contribution in [0, 0.1) is 11.8 Å². The number of amides is 1. The highest BCUT2D eigenvalue weighted by Crippen LogP contribution is 2.05. The SMILES string of the molecule is CC(=O)c1ccc(C#CCN(C)C(=O)c2cccn2C)cc1. The Kier molecular flexibility index (Phi) is 4.80. The zero-order valence-electron chi connectivity index (χ0n) is 13.0. The van der Waals surface area contributed by atoms with Crippen LogP contribution in [0.2, 0.25) is 0 Å². The molecule has 0 saturated heterocycles. The highest BCUT2D eigenvalue weighted by Gasteiger charge is 2.12. The number of Topliss-reactive ketones (excluding diaryl/α,β-unsaturated/α-hetero) is 1. The van der Waals surface area contributed by atoms with Crippen LogP contribution in [-0.4, -0.2) is 34.7 Å². The molecule has 2 rings (SSSR count). The topological polar surface area (TPSA) is 42.3 Å². The normalized spacial score (nSPS) is 9.77. The van der Waals surface area contributed by atoms with Gasteiger partial charge < -0.3 is 9.47 Å². The molecular formula is C18H18N2O2. The highest BCUT2D eigenvalue weighted by atomic mass is 16.2. The molecule has 2 aromatic rings. The van der Waals surface area contributed by atoms with Gasteiger partial charge in [-0.15, -0.1) is 0 Å². The summed E-state index contributed by atoms with van der Waals surface area (Å²) < 4.78 is 1.78. The van der Waals surface area contributed by atoms with E-state index in [1.165, 1.54) is 6.92 Å². The van der Waals surface area contributed by atoms with Crippen LogP contribution in [0.5, 0.6) is 0 Å². The van der Waals surface area contributed by atoms with Crippen molar-refractivity contribution in [3.63, 3.8) is 0 Å². The van der Waals surface area contributed by atoms with Gasteiger partial charge in [0.05, 0.1) is 6.54 Å². The first kappa shape index (κ1) is 15.6. The largest absolute Gasteiger partial charge is 0.347 e. The van der Waals surface area contributed by atoms with E-state index in [-0.39, 0.29) is 11.7 Å². The fraction of sp³-hybridized carbons (Fsp3) is 0.222. The Hall–Kier alpha value is -2.80. The number of aromatic nitrogens is 1. The molecular weight excluding hydrogens is 276 g/mol. The zero-order valence-corrected chi connectivity index (χ0v) is 13.0. The number of aryl methyl sites for hydroxylation is 1. The summed E-state index contributed by atoms with van der Waals surface area (Å²) in [6.07, 6.45) is 1.84. The van der Waals surface area contributed by atoms with Crippen LogP contribution < -0.4 is 0 Å². The van der Waals surface area contributed by atoms with Gasteiger partial charge in [0.15, 0.2) is 5.78 Å². The van der Waals surface area contributed by atoms with E-state index in [0.29, 0.717) is 17.8 Å². The van der Waals surface area contributed by atoms with Crippen LogP contribution in [0.3, 0.4) is 0 Å². The van der Waals surface area contributed by atoms with E-state index < -0.39 is 0 Å². The molecule has 0 aliphatic heterocycles. The average Bonchev–Trinajstić information content (AvgIpc) is 2.93. The minimum Gasteiger partial charge on any atom is -0.347 e. The molecule has 0 atom stereocenters. The number of carbonyl (C=O) groups is 2. The lowest BCUT2D eigenvalue weighted by molar-refractivity contribution is 0.0803. The van der Waals surface area contributed by atoms with Crippen molar-refractivity contribution in [2.75, 3.05) is 13.6 Å². The summed E-state index contributed by atoms with van der Waals surface area (Å²) in [7, 11) is 3.56. The Bertz CT molecular complexity index is 745. The summed E-state index contributed by atoms with van der Waals surface area (Å²) in [6, 6.07) is 10.7. The molecule has 0 aliphatic carbocycles. The van der Waals surface area contributed by atoms with E-state index in [1.54, 1.807) is 34.7 Å². The molecule has 0 unspecified atom stereocenters. The summed E-state index contributed by atoms with van der Waals surface area (Å²) in [5.41, 5.74) is 2.13. The fourth-order valence-corrected chi connectivity index (χ4v) is 2.00. The third kappa shape index (κ3) is 3.64. The molecule has 1 aromatic heterocycles. The van der Waals surface area contributed by atoms with Gasteiger partial charge in [-0.05, 0) is 31.2 Å². The molecule has 4 nitrogen and oxygen atoms in total. The molecule has 0 N–H and O–H groups in total. The third-order valence-corrected chi connectivity index (χ3v) is 3.35. The van der Waals surface area contributed by atoms with Crippen molar-refractivity contribution in [3.05, 3.63) is 59.4 Å². The molecule has 0 bridgehead atoms. The molecule has 0 radical (unpaired) electrons. The van der Waals surface area contributed by atoms with Gasteiger partial charge in [-0.2, -0.15) is 0 Å². The van der Waals surface area contributed by atoms with E-state index in [9.17, 15) is 9.59 Å². The van der Waals surface area contributed by atoms with E-state index in [4.69, 9.17) is 0 Å². The van der Waals surface area contributed by atoms with Crippen molar-refractivity contribution < 1.29 is 9.59 Å². The zero-order chi connectivity index (χ0) is 16.1. The quantitative estimate of drug-likeness (QED) is 0.644. The Morgan fingerprint density at radius 1 is 1.18 bits per heavy atom. The van der Waals surface area contributed by atoms with Crippen molar-refractivity contribution in [2.45, 2.75) is 6.92 Å². The van der Waals surface area contributed by atoms with Crippen LogP contribution in [0.1, 0.15) is 33.3 Å². The van der Waals surface area contributed by atoms with Crippen LogP contribution in [0.15, 0.2) is 42.6 Å². The second-order valence-corrected chi connectivity index (χ2v) is 5.10. The van der Waals surface area contributed by atoms with Gasteiger partial charge in [-0.1, -0.05) is 24.0 Å². The molecule has 22 heavy (non-hydrogen) atoms. The molecule has 4 heteroatoms. The summed E-state index contributed by atoms with van der Waals surface area (Å²) in [6.45, 7) is 1.88. The Morgan fingerprint density at radius 2 is 1.86 bits per heavy atom. The molecule has 0 saturated carbocycles. The Morgan fingerprint density at radius 3 is 2.41 bits per heavy atom. The van der Waals surface area contributed by atoms with E-state index >= 15 is 0 Å². The van der Waals surface area contributed by atoms with Gasteiger partial charge in [0.2, 0.25) is 0 Å². The predicted molar refractivity (Wildman–Crippen MR) is 85.7 cm³/mol. The number of ketones is 1. The number of hydrogen-bond acceptors (Lipinski definition) is 2. The average molecular weight is 294 g/mol. The monoisotopic (exact) mass is 294 g/mol. The van der Waals surface area contributed by atoms with E-state index in [1.807, 2.05) is 31.4 Å². The van der Waals surface area contributed by atoms with E-state index in [2.05, 4.69) is 11.8 Å². The number of rotatable bonds is 3. The molecule has 112 valence electrons. The number of benzene rings is 1.